The van der Waals surface area contributed by atoms with Crippen LogP contribution >= 0.6 is 0 Å². The molecule has 0 atom stereocenters. The third-order valence-electron chi connectivity index (χ3n) is 2.61. The molecule has 100 valence electrons. The zero-order valence-electron chi connectivity index (χ0n) is 10.7. The standard InChI is InChI=1S/C13H15N3O3/c1-13(2,18)8-4-3-5-9(6-8)19-12-10(14)11(17)15-7-16-12/h3-7,18H,14H2,1-2H3,(H,15,16,17). The number of aliphatic hydroxyl groups is 1. The van der Waals surface area contributed by atoms with E-state index in [1.807, 2.05) is 0 Å². The number of hydrogen-bond acceptors (Lipinski definition) is 5. The Labute approximate surface area is 109 Å². The molecule has 0 aliphatic rings. The van der Waals surface area contributed by atoms with Gasteiger partial charge < -0.3 is 20.6 Å². The van der Waals surface area contributed by atoms with Crippen LogP contribution in [0.15, 0.2) is 35.4 Å². The quantitative estimate of drug-likeness (QED) is 0.774. The fraction of sp³-hybridized carbons (Fsp3) is 0.231. The molecule has 0 fully saturated rings. The predicted octanol–water partition coefficient (Wildman–Crippen LogP) is 1.37. The van der Waals surface area contributed by atoms with Crippen LogP contribution in [0.25, 0.3) is 0 Å². The van der Waals surface area contributed by atoms with Gasteiger partial charge in [0.15, 0.2) is 5.69 Å². The molecule has 2 aromatic rings. The van der Waals surface area contributed by atoms with Gasteiger partial charge in [-0.15, -0.1) is 0 Å². The zero-order chi connectivity index (χ0) is 14.0. The van der Waals surface area contributed by atoms with Crippen molar-refractivity contribution in [1.82, 2.24) is 9.97 Å². The molecule has 1 heterocycles. The maximum atomic E-state index is 11.3. The summed E-state index contributed by atoms with van der Waals surface area (Å²) in [5.74, 6) is 0.487. The first-order chi connectivity index (χ1) is 8.88. The average Bonchev–Trinajstić information content (AvgIpc) is 2.34. The zero-order valence-corrected chi connectivity index (χ0v) is 10.7. The molecule has 0 saturated heterocycles. The second-order valence-electron chi connectivity index (χ2n) is 4.64. The molecule has 0 unspecified atom stereocenters. The van der Waals surface area contributed by atoms with Crippen molar-refractivity contribution in [2.24, 2.45) is 0 Å². The molecule has 1 aromatic heterocycles. The Morgan fingerprint density at radius 2 is 2.16 bits per heavy atom. The molecule has 6 heteroatoms. The summed E-state index contributed by atoms with van der Waals surface area (Å²) in [6.07, 6.45) is 1.22. The molecule has 2 rings (SSSR count). The lowest BCUT2D eigenvalue weighted by atomic mass is 9.98. The van der Waals surface area contributed by atoms with Gasteiger partial charge in [-0.1, -0.05) is 12.1 Å². The van der Waals surface area contributed by atoms with Gasteiger partial charge in [0.05, 0.1) is 11.9 Å². The summed E-state index contributed by atoms with van der Waals surface area (Å²) >= 11 is 0. The van der Waals surface area contributed by atoms with Gasteiger partial charge in [0.1, 0.15) is 5.75 Å². The molecule has 0 bridgehead atoms. The Bertz CT molecular complexity index is 644. The monoisotopic (exact) mass is 261 g/mol. The number of aromatic amines is 1. The van der Waals surface area contributed by atoms with E-state index in [1.54, 1.807) is 38.1 Å². The second kappa shape index (κ2) is 4.74. The van der Waals surface area contributed by atoms with E-state index in [0.29, 0.717) is 11.3 Å². The first kappa shape index (κ1) is 13.1. The molecular formula is C13H15N3O3. The Kier molecular flexibility index (Phi) is 3.26. The number of rotatable bonds is 3. The summed E-state index contributed by atoms with van der Waals surface area (Å²) in [6, 6.07) is 6.88. The van der Waals surface area contributed by atoms with E-state index in [9.17, 15) is 9.90 Å². The van der Waals surface area contributed by atoms with Crippen LogP contribution in [0.4, 0.5) is 5.69 Å². The molecular weight excluding hydrogens is 246 g/mol. The number of benzene rings is 1. The highest BCUT2D eigenvalue weighted by molar-refractivity contribution is 5.47. The minimum absolute atomic E-state index is 0.0386. The molecule has 0 radical (unpaired) electrons. The number of hydrogen-bond donors (Lipinski definition) is 3. The van der Waals surface area contributed by atoms with Gasteiger partial charge in [-0.25, -0.2) is 4.98 Å². The molecule has 1 aromatic carbocycles. The highest BCUT2D eigenvalue weighted by atomic mass is 16.5. The van der Waals surface area contributed by atoms with Gasteiger partial charge in [-0.3, -0.25) is 4.79 Å². The summed E-state index contributed by atoms with van der Waals surface area (Å²) in [5.41, 5.74) is 4.74. The van der Waals surface area contributed by atoms with Gasteiger partial charge in [0, 0.05) is 0 Å². The van der Waals surface area contributed by atoms with Gasteiger partial charge in [0.2, 0.25) is 5.88 Å². The van der Waals surface area contributed by atoms with Gasteiger partial charge in [0.25, 0.3) is 5.56 Å². The fourth-order valence-electron chi connectivity index (χ4n) is 1.53. The van der Waals surface area contributed by atoms with E-state index >= 15 is 0 Å². The predicted molar refractivity (Wildman–Crippen MR) is 71.0 cm³/mol. The largest absolute Gasteiger partial charge is 0.437 e. The van der Waals surface area contributed by atoms with Crippen LogP contribution in [0.3, 0.4) is 0 Å². The number of nitrogens with zero attached hydrogens (tertiary/aromatic N) is 1. The third kappa shape index (κ3) is 2.92. The Morgan fingerprint density at radius 3 is 2.84 bits per heavy atom. The molecule has 6 nitrogen and oxygen atoms in total. The number of nitrogen functional groups attached to an aromatic ring is 1. The van der Waals surface area contributed by atoms with Crippen molar-refractivity contribution < 1.29 is 9.84 Å². The first-order valence-electron chi connectivity index (χ1n) is 5.72. The Balaban J connectivity index is 2.34. The van der Waals surface area contributed by atoms with Crippen LogP contribution in [-0.2, 0) is 5.60 Å². The SMILES string of the molecule is CC(C)(O)c1cccc(Oc2nc[nH]c(=O)c2N)c1. The number of ether oxygens (including phenoxy) is 1. The summed E-state index contributed by atoms with van der Waals surface area (Å²) in [4.78, 5) is 17.5. The number of H-pyrrole nitrogens is 1. The molecule has 0 saturated carbocycles. The number of anilines is 1. The van der Waals surface area contributed by atoms with Crippen molar-refractivity contribution in [2.45, 2.75) is 19.4 Å². The van der Waals surface area contributed by atoms with E-state index in [4.69, 9.17) is 10.5 Å². The van der Waals surface area contributed by atoms with Crippen LogP contribution in [0.1, 0.15) is 19.4 Å². The van der Waals surface area contributed by atoms with E-state index in [1.165, 1.54) is 6.33 Å². The fourth-order valence-corrected chi connectivity index (χ4v) is 1.53. The summed E-state index contributed by atoms with van der Waals surface area (Å²) < 4.78 is 5.46. The lowest BCUT2D eigenvalue weighted by molar-refractivity contribution is 0.0784. The topological polar surface area (TPSA) is 101 Å². The number of nitrogens with two attached hydrogens (primary N) is 1. The lowest BCUT2D eigenvalue weighted by Crippen LogP contribution is -2.15. The minimum Gasteiger partial charge on any atom is -0.437 e. The van der Waals surface area contributed by atoms with Crippen molar-refractivity contribution >= 4 is 5.69 Å². The van der Waals surface area contributed by atoms with E-state index < -0.39 is 11.2 Å². The lowest BCUT2D eigenvalue weighted by Gasteiger charge is -2.18. The maximum absolute atomic E-state index is 11.3. The molecule has 19 heavy (non-hydrogen) atoms. The highest BCUT2D eigenvalue weighted by Crippen LogP contribution is 2.27. The third-order valence-corrected chi connectivity index (χ3v) is 2.61. The van der Waals surface area contributed by atoms with Crippen molar-refractivity contribution in [3.8, 4) is 11.6 Å². The maximum Gasteiger partial charge on any atom is 0.277 e. The van der Waals surface area contributed by atoms with E-state index in [0.717, 1.165) is 0 Å². The highest BCUT2D eigenvalue weighted by Gasteiger charge is 2.16. The van der Waals surface area contributed by atoms with E-state index in [-0.39, 0.29) is 11.6 Å². The Morgan fingerprint density at radius 1 is 1.42 bits per heavy atom. The number of nitrogens with one attached hydrogen (secondary N) is 1. The minimum atomic E-state index is -0.980. The molecule has 0 amide bonds. The van der Waals surface area contributed by atoms with Crippen LogP contribution in [0, 0.1) is 0 Å². The normalized spacial score (nSPS) is 11.3. The average molecular weight is 261 g/mol. The van der Waals surface area contributed by atoms with Crippen LogP contribution in [0.5, 0.6) is 11.6 Å². The summed E-state index contributed by atoms with van der Waals surface area (Å²) in [5, 5.41) is 9.93. The van der Waals surface area contributed by atoms with Gasteiger partial charge >= 0.3 is 0 Å². The van der Waals surface area contributed by atoms with Gasteiger partial charge in [-0.05, 0) is 31.5 Å². The van der Waals surface area contributed by atoms with Crippen LogP contribution < -0.4 is 16.0 Å². The second-order valence-corrected chi connectivity index (χ2v) is 4.64. The van der Waals surface area contributed by atoms with Crippen molar-refractivity contribution in [1.29, 1.82) is 0 Å². The summed E-state index contributed by atoms with van der Waals surface area (Å²) in [7, 11) is 0. The molecule has 4 N–H and O–H groups in total. The molecule has 0 aliphatic heterocycles. The summed E-state index contributed by atoms with van der Waals surface area (Å²) in [6.45, 7) is 3.35. The molecule has 0 spiro atoms. The number of aromatic nitrogens is 2. The van der Waals surface area contributed by atoms with Crippen LogP contribution in [0.2, 0.25) is 0 Å². The molecule has 0 aliphatic carbocycles. The van der Waals surface area contributed by atoms with Crippen molar-refractivity contribution in [3.05, 3.63) is 46.5 Å². The van der Waals surface area contributed by atoms with Crippen molar-refractivity contribution in [3.63, 3.8) is 0 Å². The Hall–Kier alpha value is -2.34. The van der Waals surface area contributed by atoms with E-state index in [2.05, 4.69) is 9.97 Å². The van der Waals surface area contributed by atoms with Crippen molar-refractivity contribution in [2.75, 3.05) is 5.73 Å². The van der Waals surface area contributed by atoms with Gasteiger partial charge in [-0.2, -0.15) is 0 Å². The van der Waals surface area contributed by atoms with Crippen LogP contribution in [-0.4, -0.2) is 15.1 Å². The smallest absolute Gasteiger partial charge is 0.277 e. The first-order valence-corrected chi connectivity index (χ1v) is 5.72.